The molecule has 2 N–H and O–H groups in total. The average Bonchev–Trinajstić information content (AvgIpc) is 2.45. The van der Waals surface area contributed by atoms with Crippen LogP contribution >= 0.6 is 0 Å². The van der Waals surface area contributed by atoms with E-state index in [9.17, 15) is 14.7 Å². The standard InChI is InChI=1S/C16H23NO4/c1-4-10-16(3,15(19)20)17-14(18)12-6-8-13(9-7-12)21-11-5-2/h6-9H,4-5,10-11H2,1-3H3,(H,17,18)(H,19,20). The number of carbonyl (C=O) groups excluding carboxylic acids is 1. The Morgan fingerprint density at radius 1 is 1.19 bits per heavy atom. The molecule has 5 heteroatoms. The maximum atomic E-state index is 12.1. The lowest BCUT2D eigenvalue weighted by Crippen LogP contribution is -2.52. The van der Waals surface area contributed by atoms with Crippen molar-refractivity contribution in [2.45, 2.75) is 45.6 Å². The molecule has 0 bridgehead atoms. The predicted molar refractivity (Wildman–Crippen MR) is 80.6 cm³/mol. The molecule has 1 aromatic carbocycles. The number of ether oxygens (including phenoxy) is 1. The number of aliphatic carboxylic acids is 1. The first kappa shape index (κ1) is 17.0. The minimum Gasteiger partial charge on any atom is -0.494 e. The lowest BCUT2D eigenvalue weighted by Gasteiger charge is -2.25. The smallest absolute Gasteiger partial charge is 0.329 e. The largest absolute Gasteiger partial charge is 0.494 e. The van der Waals surface area contributed by atoms with Crippen LogP contribution in [0.15, 0.2) is 24.3 Å². The van der Waals surface area contributed by atoms with E-state index < -0.39 is 17.4 Å². The number of carboxylic acid groups (broad SMARTS) is 1. The first-order valence-electron chi connectivity index (χ1n) is 7.21. The molecular formula is C16H23NO4. The molecule has 0 heterocycles. The Kier molecular flexibility index (Phi) is 6.21. The van der Waals surface area contributed by atoms with Gasteiger partial charge in [0.15, 0.2) is 0 Å². The van der Waals surface area contributed by atoms with Crippen LogP contribution < -0.4 is 10.1 Å². The van der Waals surface area contributed by atoms with E-state index in [4.69, 9.17) is 4.74 Å². The second kappa shape index (κ2) is 7.67. The fraction of sp³-hybridized carbons (Fsp3) is 0.500. The third-order valence-electron chi connectivity index (χ3n) is 3.20. The molecule has 116 valence electrons. The van der Waals surface area contributed by atoms with Gasteiger partial charge in [0.2, 0.25) is 0 Å². The molecule has 0 aliphatic carbocycles. The van der Waals surface area contributed by atoms with Gasteiger partial charge in [-0.25, -0.2) is 4.79 Å². The summed E-state index contributed by atoms with van der Waals surface area (Å²) in [6.07, 6.45) is 1.97. The van der Waals surface area contributed by atoms with Gasteiger partial charge < -0.3 is 15.2 Å². The van der Waals surface area contributed by atoms with E-state index in [1.807, 2.05) is 13.8 Å². The Balaban J connectivity index is 2.76. The Labute approximate surface area is 125 Å². The Morgan fingerprint density at radius 2 is 1.81 bits per heavy atom. The maximum absolute atomic E-state index is 12.1. The number of carbonyl (C=O) groups is 2. The van der Waals surface area contributed by atoms with Crippen LogP contribution in [0.5, 0.6) is 5.75 Å². The molecule has 1 rings (SSSR count). The summed E-state index contributed by atoms with van der Waals surface area (Å²) in [5.74, 6) is -0.723. The molecule has 0 aliphatic rings. The van der Waals surface area contributed by atoms with Crippen molar-refractivity contribution in [2.75, 3.05) is 6.61 Å². The summed E-state index contributed by atoms with van der Waals surface area (Å²) in [4.78, 5) is 23.5. The normalized spacial score (nSPS) is 13.3. The molecule has 1 aromatic rings. The highest BCUT2D eigenvalue weighted by molar-refractivity contribution is 5.97. The van der Waals surface area contributed by atoms with Crippen LogP contribution in [-0.2, 0) is 4.79 Å². The van der Waals surface area contributed by atoms with Crippen LogP contribution in [-0.4, -0.2) is 29.1 Å². The Hall–Kier alpha value is -2.04. The SMILES string of the molecule is CCCOc1ccc(C(=O)NC(C)(CCC)C(=O)O)cc1. The van der Waals surface area contributed by atoms with Gasteiger partial charge in [-0.15, -0.1) is 0 Å². The summed E-state index contributed by atoms with van der Waals surface area (Å²) in [6.45, 7) is 6.05. The van der Waals surface area contributed by atoms with Crippen molar-refractivity contribution in [1.29, 1.82) is 0 Å². The highest BCUT2D eigenvalue weighted by Crippen LogP contribution is 2.16. The summed E-state index contributed by atoms with van der Waals surface area (Å²) in [5, 5.41) is 11.9. The quantitative estimate of drug-likeness (QED) is 0.772. The van der Waals surface area contributed by atoms with Gasteiger partial charge in [-0.2, -0.15) is 0 Å². The zero-order valence-corrected chi connectivity index (χ0v) is 12.8. The zero-order valence-electron chi connectivity index (χ0n) is 12.8. The molecule has 0 saturated carbocycles. The van der Waals surface area contributed by atoms with Gasteiger partial charge in [0.25, 0.3) is 5.91 Å². The number of carboxylic acids is 1. The maximum Gasteiger partial charge on any atom is 0.329 e. The summed E-state index contributed by atoms with van der Waals surface area (Å²) in [6, 6.07) is 6.69. The number of benzene rings is 1. The lowest BCUT2D eigenvalue weighted by atomic mass is 9.96. The fourth-order valence-electron chi connectivity index (χ4n) is 1.97. The molecule has 0 saturated heterocycles. The number of amides is 1. The molecule has 1 amide bonds. The molecule has 0 radical (unpaired) electrons. The summed E-state index contributed by atoms with van der Waals surface area (Å²) in [7, 11) is 0. The Morgan fingerprint density at radius 3 is 2.29 bits per heavy atom. The van der Waals surface area contributed by atoms with Gasteiger partial charge in [-0.3, -0.25) is 4.79 Å². The molecule has 5 nitrogen and oxygen atoms in total. The molecule has 0 fully saturated rings. The first-order chi connectivity index (χ1) is 9.92. The third kappa shape index (κ3) is 4.77. The van der Waals surface area contributed by atoms with Crippen LogP contribution in [0.1, 0.15) is 50.4 Å². The topological polar surface area (TPSA) is 75.6 Å². The molecule has 1 atom stereocenters. The number of hydrogen-bond acceptors (Lipinski definition) is 3. The second-order valence-corrected chi connectivity index (χ2v) is 5.21. The van der Waals surface area contributed by atoms with E-state index >= 15 is 0 Å². The number of hydrogen-bond donors (Lipinski definition) is 2. The van der Waals surface area contributed by atoms with Gasteiger partial charge in [0.1, 0.15) is 11.3 Å². The summed E-state index contributed by atoms with van der Waals surface area (Å²) < 4.78 is 5.44. The minimum absolute atomic E-state index is 0.381. The van der Waals surface area contributed by atoms with E-state index in [1.165, 1.54) is 6.92 Å². The fourth-order valence-corrected chi connectivity index (χ4v) is 1.97. The highest BCUT2D eigenvalue weighted by Gasteiger charge is 2.33. The first-order valence-corrected chi connectivity index (χ1v) is 7.21. The van der Waals surface area contributed by atoms with Crippen molar-refractivity contribution in [1.82, 2.24) is 5.32 Å². The monoisotopic (exact) mass is 293 g/mol. The molecule has 1 unspecified atom stereocenters. The minimum atomic E-state index is -1.25. The van der Waals surface area contributed by atoms with E-state index in [1.54, 1.807) is 24.3 Å². The highest BCUT2D eigenvalue weighted by atomic mass is 16.5. The molecule has 0 spiro atoms. The van der Waals surface area contributed by atoms with Gasteiger partial charge in [0, 0.05) is 5.56 Å². The van der Waals surface area contributed by atoms with Gasteiger partial charge in [-0.05, 0) is 44.0 Å². The van der Waals surface area contributed by atoms with Crippen LogP contribution in [0.3, 0.4) is 0 Å². The van der Waals surface area contributed by atoms with Crippen molar-refractivity contribution >= 4 is 11.9 Å². The van der Waals surface area contributed by atoms with E-state index in [2.05, 4.69) is 5.32 Å². The van der Waals surface area contributed by atoms with Gasteiger partial charge in [-0.1, -0.05) is 20.3 Å². The summed E-state index contributed by atoms with van der Waals surface area (Å²) in [5.41, 5.74) is -0.828. The van der Waals surface area contributed by atoms with Crippen LogP contribution in [0.4, 0.5) is 0 Å². The Bertz CT molecular complexity index is 484. The lowest BCUT2D eigenvalue weighted by molar-refractivity contribution is -0.144. The van der Waals surface area contributed by atoms with Crippen LogP contribution in [0.25, 0.3) is 0 Å². The van der Waals surface area contributed by atoms with E-state index in [0.29, 0.717) is 30.8 Å². The zero-order chi connectivity index (χ0) is 15.9. The molecular weight excluding hydrogens is 270 g/mol. The van der Waals surface area contributed by atoms with Crippen molar-refractivity contribution in [2.24, 2.45) is 0 Å². The van der Waals surface area contributed by atoms with E-state index in [0.717, 1.165) is 6.42 Å². The number of rotatable bonds is 8. The van der Waals surface area contributed by atoms with Crippen molar-refractivity contribution < 1.29 is 19.4 Å². The van der Waals surface area contributed by atoms with Crippen molar-refractivity contribution in [3.05, 3.63) is 29.8 Å². The van der Waals surface area contributed by atoms with Gasteiger partial charge >= 0.3 is 5.97 Å². The molecule has 0 aromatic heterocycles. The van der Waals surface area contributed by atoms with Crippen LogP contribution in [0, 0.1) is 0 Å². The number of nitrogens with one attached hydrogen (secondary N) is 1. The second-order valence-electron chi connectivity index (χ2n) is 5.21. The van der Waals surface area contributed by atoms with Crippen molar-refractivity contribution in [3.8, 4) is 5.75 Å². The van der Waals surface area contributed by atoms with Crippen LogP contribution in [0.2, 0.25) is 0 Å². The molecule has 0 aliphatic heterocycles. The van der Waals surface area contributed by atoms with E-state index in [-0.39, 0.29) is 0 Å². The van der Waals surface area contributed by atoms with Crippen molar-refractivity contribution in [3.63, 3.8) is 0 Å². The average molecular weight is 293 g/mol. The third-order valence-corrected chi connectivity index (χ3v) is 3.20. The predicted octanol–water partition coefficient (Wildman–Crippen LogP) is 2.85. The molecule has 21 heavy (non-hydrogen) atoms. The summed E-state index contributed by atoms with van der Waals surface area (Å²) >= 11 is 0. The van der Waals surface area contributed by atoms with Gasteiger partial charge in [0.05, 0.1) is 6.61 Å².